The van der Waals surface area contributed by atoms with Gasteiger partial charge in [0, 0.05) is 6.54 Å². The van der Waals surface area contributed by atoms with E-state index in [1.54, 1.807) is 0 Å². The van der Waals surface area contributed by atoms with E-state index in [-0.39, 0.29) is 0 Å². The van der Waals surface area contributed by atoms with Gasteiger partial charge in [0.05, 0.1) is 0 Å². The molecule has 16 heavy (non-hydrogen) atoms. The van der Waals surface area contributed by atoms with Crippen LogP contribution >= 0.6 is 0 Å². The summed E-state index contributed by atoms with van der Waals surface area (Å²) in [6.45, 7) is 4.30. The smallest absolute Gasteiger partial charge is 0.0205 e. The first kappa shape index (κ1) is 11.4. The van der Waals surface area contributed by atoms with E-state index < -0.39 is 0 Å². The maximum absolute atomic E-state index is 3.56. The van der Waals surface area contributed by atoms with Gasteiger partial charge in [0.2, 0.25) is 0 Å². The molecule has 1 unspecified atom stereocenters. The van der Waals surface area contributed by atoms with Crippen molar-refractivity contribution in [1.82, 2.24) is 5.32 Å². The summed E-state index contributed by atoms with van der Waals surface area (Å²) in [5, 5.41) is 3.56. The number of hydrogen-bond donors (Lipinski definition) is 1. The van der Waals surface area contributed by atoms with E-state index in [0.29, 0.717) is 0 Å². The maximum Gasteiger partial charge on any atom is 0.0205 e. The fraction of sp³-hybridized carbons (Fsp3) is 0.467. The SMILES string of the molecule is Cc1cccc(CNCC2CC=CCC2)c1. The molecule has 1 N–H and O–H groups in total. The average molecular weight is 215 g/mol. The average Bonchev–Trinajstić information content (AvgIpc) is 2.30. The quantitative estimate of drug-likeness (QED) is 0.759. The Labute approximate surface area is 98.6 Å². The van der Waals surface area contributed by atoms with Crippen molar-refractivity contribution in [2.24, 2.45) is 5.92 Å². The molecule has 0 fully saturated rings. The lowest BCUT2D eigenvalue weighted by Gasteiger charge is -2.18. The molecule has 1 aromatic carbocycles. The van der Waals surface area contributed by atoms with E-state index in [1.165, 1.54) is 30.4 Å². The van der Waals surface area contributed by atoms with Gasteiger partial charge in [-0.25, -0.2) is 0 Å². The van der Waals surface area contributed by atoms with Crippen molar-refractivity contribution in [2.75, 3.05) is 6.54 Å². The minimum absolute atomic E-state index is 0.842. The Morgan fingerprint density at radius 1 is 1.31 bits per heavy atom. The molecule has 0 saturated heterocycles. The van der Waals surface area contributed by atoms with Crippen LogP contribution in [0.15, 0.2) is 36.4 Å². The van der Waals surface area contributed by atoms with Gasteiger partial charge < -0.3 is 5.32 Å². The van der Waals surface area contributed by atoms with Crippen molar-refractivity contribution < 1.29 is 0 Å². The summed E-state index contributed by atoms with van der Waals surface area (Å²) in [6, 6.07) is 8.74. The molecule has 1 aliphatic carbocycles. The topological polar surface area (TPSA) is 12.0 Å². The predicted octanol–water partition coefficient (Wildman–Crippen LogP) is 3.44. The summed E-state index contributed by atoms with van der Waals surface area (Å²) in [4.78, 5) is 0. The Hall–Kier alpha value is -1.08. The molecule has 0 heterocycles. The van der Waals surface area contributed by atoms with E-state index in [1.807, 2.05) is 0 Å². The highest BCUT2D eigenvalue weighted by Crippen LogP contribution is 2.17. The molecule has 0 amide bonds. The van der Waals surface area contributed by atoms with Gasteiger partial charge in [0.1, 0.15) is 0 Å². The summed E-state index contributed by atoms with van der Waals surface area (Å²) in [5.74, 6) is 0.842. The number of nitrogens with one attached hydrogen (secondary N) is 1. The van der Waals surface area contributed by atoms with Crippen LogP contribution in [0.25, 0.3) is 0 Å². The number of hydrogen-bond acceptors (Lipinski definition) is 1. The fourth-order valence-electron chi connectivity index (χ4n) is 2.28. The van der Waals surface area contributed by atoms with Gasteiger partial charge in [-0.05, 0) is 44.2 Å². The first-order valence-corrected chi connectivity index (χ1v) is 6.26. The zero-order valence-corrected chi connectivity index (χ0v) is 10.1. The molecule has 86 valence electrons. The standard InChI is InChI=1S/C15H21N/c1-13-6-5-9-15(10-13)12-16-11-14-7-3-2-4-8-14/h2-3,5-6,9-10,14,16H,4,7-8,11-12H2,1H3. The zero-order valence-electron chi connectivity index (χ0n) is 10.1. The molecule has 0 aromatic heterocycles. The van der Waals surface area contributed by atoms with Crippen molar-refractivity contribution in [2.45, 2.75) is 32.7 Å². The molecular formula is C15H21N. The predicted molar refractivity (Wildman–Crippen MR) is 69.4 cm³/mol. The lowest BCUT2D eigenvalue weighted by Crippen LogP contribution is -2.23. The normalized spacial score (nSPS) is 19.9. The Kier molecular flexibility index (Phi) is 4.17. The highest BCUT2D eigenvalue weighted by atomic mass is 14.9. The van der Waals surface area contributed by atoms with Gasteiger partial charge in [0.15, 0.2) is 0 Å². The lowest BCUT2D eigenvalue weighted by atomic mass is 9.94. The summed E-state index contributed by atoms with van der Waals surface area (Å²) < 4.78 is 0. The molecule has 0 spiro atoms. The van der Waals surface area contributed by atoms with Crippen LogP contribution in [-0.4, -0.2) is 6.54 Å². The van der Waals surface area contributed by atoms with Crippen molar-refractivity contribution in [3.8, 4) is 0 Å². The van der Waals surface area contributed by atoms with Crippen LogP contribution in [0.2, 0.25) is 0 Å². The van der Waals surface area contributed by atoms with Crippen molar-refractivity contribution in [3.63, 3.8) is 0 Å². The van der Waals surface area contributed by atoms with E-state index in [2.05, 4.69) is 48.7 Å². The van der Waals surface area contributed by atoms with Gasteiger partial charge in [-0.2, -0.15) is 0 Å². The van der Waals surface area contributed by atoms with Crippen LogP contribution in [0.3, 0.4) is 0 Å². The molecule has 0 saturated carbocycles. The highest BCUT2D eigenvalue weighted by Gasteiger charge is 2.08. The number of rotatable bonds is 4. The number of benzene rings is 1. The van der Waals surface area contributed by atoms with E-state index in [9.17, 15) is 0 Å². The maximum atomic E-state index is 3.56. The molecule has 1 aliphatic rings. The second-order valence-electron chi connectivity index (χ2n) is 4.77. The van der Waals surface area contributed by atoms with Gasteiger partial charge in [-0.1, -0.05) is 42.0 Å². The first-order valence-electron chi connectivity index (χ1n) is 6.26. The third-order valence-electron chi connectivity index (χ3n) is 3.22. The molecular weight excluding hydrogens is 194 g/mol. The molecule has 2 rings (SSSR count). The van der Waals surface area contributed by atoms with Crippen molar-refractivity contribution in [3.05, 3.63) is 47.5 Å². The van der Waals surface area contributed by atoms with Crippen LogP contribution in [0.4, 0.5) is 0 Å². The van der Waals surface area contributed by atoms with Crippen molar-refractivity contribution in [1.29, 1.82) is 0 Å². The Morgan fingerprint density at radius 2 is 2.25 bits per heavy atom. The summed E-state index contributed by atoms with van der Waals surface area (Å²) in [5.41, 5.74) is 2.74. The zero-order chi connectivity index (χ0) is 11.2. The second kappa shape index (κ2) is 5.86. The molecule has 0 bridgehead atoms. The molecule has 1 nitrogen and oxygen atoms in total. The minimum Gasteiger partial charge on any atom is -0.312 e. The monoisotopic (exact) mass is 215 g/mol. The number of allylic oxidation sites excluding steroid dienone is 2. The van der Waals surface area contributed by atoms with Crippen LogP contribution in [0.5, 0.6) is 0 Å². The molecule has 1 atom stereocenters. The number of aryl methyl sites for hydroxylation is 1. The first-order chi connectivity index (χ1) is 7.84. The third-order valence-corrected chi connectivity index (χ3v) is 3.22. The van der Waals surface area contributed by atoms with Crippen LogP contribution < -0.4 is 5.32 Å². The Bertz CT molecular complexity index is 354. The van der Waals surface area contributed by atoms with E-state index in [0.717, 1.165) is 19.0 Å². The van der Waals surface area contributed by atoms with Crippen LogP contribution in [-0.2, 0) is 6.54 Å². The Balaban J connectivity index is 1.73. The van der Waals surface area contributed by atoms with Crippen molar-refractivity contribution >= 4 is 0 Å². The van der Waals surface area contributed by atoms with Gasteiger partial charge in [-0.15, -0.1) is 0 Å². The fourth-order valence-corrected chi connectivity index (χ4v) is 2.28. The highest BCUT2D eigenvalue weighted by molar-refractivity contribution is 5.21. The van der Waals surface area contributed by atoms with Gasteiger partial charge in [-0.3, -0.25) is 0 Å². The lowest BCUT2D eigenvalue weighted by molar-refractivity contribution is 0.440. The second-order valence-corrected chi connectivity index (χ2v) is 4.77. The summed E-state index contributed by atoms with van der Waals surface area (Å²) in [6.07, 6.45) is 8.48. The molecule has 0 aliphatic heterocycles. The third kappa shape index (κ3) is 3.49. The molecule has 1 heteroatoms. The van der Waals surface area contributed by atoms with Crippen LogP contribution in [0, 0.1) is 12.8 Å². The Morgan fingerprint density at radius 3 is 3.00 bits per heavy atom. The van der Waals surface area contributed by atoms with Crippen LogP contribution in [0.1, 0.15) is 30.4 Å². The van der Waals surface area contributed by atoms with E-state index >= 15 is 0 Å². The summed E-state index contributed by atoms with van der Waals surface area (Å²) >= 11 is 0. The molecule has 1 aromatic rings. The summed E-state index contributed by atoms with van der Waals surface area (Å²) in [7, 11) is 0. The minimum atomic E-state index is 0.842. The molecule has 0 radical (unpaired) electrons. The largest absolute Gasteiger partial charge is 0.312 e. The van der Waals surface area contributed by atoms with Gasteiger partial charge >= 0.3 is 0 Å². The van der Waals surface area contributed by atoms with Gasteiger partial charge in [0.25, 0.3) is 0 Å². The van der Waals surface area contributed by atoms with E-state index in [4.69, 9.17) is 0 Å².